The minimum Gasteiger partial charge on any atom is -0.444 e. The molecule has 168 valence electrons. The van der Waals surface area contributed by atoms with Crippen LogP contribution in [-0.4, -0.2) is 28.1 Å². The van der Waals surface area contributed by atoms with Gasteiger partial charge in [0.1, 0.15) is 17.2 Å². The van der Waals surface area contributed by atoms with Crippen LogP contribution in [-0.2, 0) is 9.53 Å². The van der Waals surface area contributed by atoms with Gasteiger partial charge in [-0.2, -0.15) is 5.26 Å². The standard InChI is InChI=1S/C23H24F2N4O3/c1-22(2,3)32-21(31)29-23(8-16(23)12-4-5-12)20(30)28-18(9-26)14-10-27-11-15-13(14)6-7-17(24)19(15)25/h6-7,10-12,16,18H,4-5,8H2,1-3H3,(H,28,30)(H,29,31). The number of hydrogen-bond acceptors (Lipinski definition) is 5. The Balaban J connectivity index is 1.59. The van der Waals surface area contributed by atoms with E-state index in [0.29, 0.717) is 12.3 Å². The van der Waals surface area contributed by atoms with Crippen LogP contribution < -0.4 is 10.6 Å². The summed E-state index contributed by atoms with van der Waals surface area (Å²) in [5.74, 6) is -2.30. The molecule has 2 saturated carbocycles. The van der Waals surface area contributed by atoms with Gasteiger partial charge >= 0.3 is 6.09 Å². The number of pyridine rings is 1. The van der Waals surface area contributed by atoms with Crippen molar-refractivity contribution in [2.75, 3.05) is 0 Å². The van der Waals surface area contributed by atoms with E-state index < -0.39 is 40.8 Å². The van der Waals surface area contributed by atoms with Crippen LogP contribution >= 0.6 is 0 Å². The van der Waals surface area contributed by atoms with Gasteiger partial charge in [-0.25, -0.2) is 13.6 Å². The molecule has 7 nitrogen and oxygen atoms in total. The van der Waals surface area contributed by atoms with Crippen molar-refractivity contribution in [3.8, 4) is 6.07 Å². The van der Waals surface area contributed by atoms with Crippen LogP contribution in [0.4, 0.5) is 13.6 Å². The number of carbonyl (C=O) groups is 2. The SMILES string of the molecule is CC(C)(C)OC(=O)NC1(C(=O)NC(C#N)c2cncc3c(F)c(F)ccc23)CC1C1CC1. The van der Waals surface area contributed by atoms with Crippen LogP contribution in [0.2, 0.25) is 0 Å². The fourth-order valence-electron chi connectivity index (χ4n) is 4.18. The van der Waals surface area contributed by atoms with Crippen molar-refractivity contribution < 1.29 is 23.1 Å². The number of nitrogens with one attached hydrogen (secondary N) is 2. The summed E-state index contributed by atoms with van der Waals surface area (Å²) < 4.78 is 33.1. The van der Waals surface area contributed by atoms with E-state index in [9.17, 15) is 23.6 Å². The van der Waals surface area contributed by atoms with Gasteiger partial charge in [0.2, 0.25) is 5.91 Å². The van der Waals surface area contributed by atoms with Gasteiger partial charge in [0, 0.05) is 23.3 Å². The van der Waals surface area contributed by atoms with Crippen LogP contribution in [0.5, 0.6) is 0 Å². The van der Waals surface area contributed by atoms with E-state index in [1.54, 1.807) is 20.8 Å². The second-order valence-corrected chi connectivity index (χ2v) is 9.47. The molecule has 0 radical (unpaired) electrons. The first kappa shape index (κ1) is 21.9. The lowest BCUT2D eigenvalue weighted by Crippen LogP contribution is -2.52. The molecule has 1 aromatic heterocycles. The molecule has 2 aromatic rings. The zero-order chi connectivity index (χ0) is 23.3. The van der Waals surface area contributed by atoms with Crippen LogP contribution in [0.25, 0.3) is 10.8 Å². The second kappa shape index (κ2) is 7.69. The number of rotatable bonds is 5. The third-order valence-corrected chi connectivity index (χ3v) is 5.91. The smallest absolute Gasteiger partial charge is 0.408 e. The first-order valence-corrected chi connectivity index (χ1v) is 10.5. The van der Waals surface area contributed by atoms with E-state index in [1.165, 1.54) is 18.5 Å². The Labute approximate surface area is 184 Å². The Kier molecular flexibility index (Phi) is 5.27. The minimum atomic E-state index is -1.17. The summed E-state index contributed by atoms with van der Waals surface area (Å²) in [6.07, 6.45) is 4.23. The number of aromatic nitrogens is 1. The van der Waals surface area contributed by atoms with Crippen molar-refractivity contribution in [3.63, 3.8) is 0 Å². The molecule has 2 aliphatic carbocycles. The first-order chi connectivity index (χ1) is 15.1. The van der Waals surface area contributed by atoms with Crippen LogP contribution in [0.3, 0.4) is 0 Å². The molecule has 1 heterocycles. The molecule has 0 bridgehead atoms. The lowest BCUT2D eigenvalue weighted by atomic mass is 10.0. The molecule has 2 fully saturated rings. The lowest BCUT2D eigenvalue weighted by molar-refractivity contribution is -0.125. The Morgan fingerprint density at radius 1 is 1.25 bits per heavy atom. The predicted octanol–water partition coefficient (Wildman–Crippen LogP) is 3.89. The number of amides is 2. The molecule has 0 spiro atoms. The highest BCUT2D eigenvalue weighted by Crippen LogP contribution is 2.57. The molecule has 9 heteroatoms. The molecule has 3 unspecified atom stereocenters. The number of nitriles is 1. The average Bonchev–Trinajstić information content (AvgIpc) is 3.62. The van der Waals surface area contributed by atoms with Crippen molar-refractivity contribution in [3.05, 3.63) is 41.7 Å². The minimum absolute atomic E-state index is 0.0356. The number of hydrogen-bond donors (Lipinski definition) is 2. The highest BCUT2D eigenvalue weighted by molar-refractivity contribution is 5.95. The van der Waals surface area contributed by atoms with E-state index in [1.807, 2.05) is 6.07 Å². The Morgan fingerprint density at radius 3 is 2.59 bits per heavy atom. The maximum atomic E-state index is 14.2. The van der Waals surface area contributed by atoms with E-state index >= 15 is 0 Å². The highest BCUT2D eigenvalue weighted by atomic mass is 19.2. The maximum Gasteiger partial charge on any atom is 0.408 e. The van der Waals surface area contributed by atoms with Gasteiger partial charge in [0.25, 0.3) is 0 Å². The monoisotopic (exact) mass is 442 g/mol. The van der Waals surface area contributed by atoms with Crippen LogP contribution in [0, 0.1) is 34.8 Å². The number of carbonyl (C=O) groups excluding carboxylic acids is 2. The number of fused-ring (bicyclic) bond motifs is 1. The summed E-state index contributed by atoms with van der Waals surface area (Å²) in [4.78, 5) is 29.6. The lowest BCUT2D eigenvalue weighted by Gasteiger charge is -2.25. The molecule has 2 N–H and O–H groups in total. The van der Waals surface area contributed by atoms with Gasteiger partial charge in [-0.1, -0.05) is 6.07 Å². The normalized spacial score (nSPS) is 23.2. The largest absolute Gasteiger partial charge is 0.444 e. The molecule has 2 amide bonds. The Bertz CT molecular complexity index is 1140. The van der Waals surface area contributed by atoms with Gasteiger partial charge in [0.15, 0.2) is 11.6 Å². The number of halogens is 2. The van der Waals surface area contributed by atoms with Gasteiger partial charge < -0.3 is 15.4 Å². The summed E-state index contributed by atoms with van der Waals surface area (Å²) >= 11 is 0. The van der Waals surface area contributed by atoms with Crippen molar-refractivity contribution in [2.24, 2.45) is 11.8 Å². The molecular weight excluding hydrogens is 418 g/mol. The van der Waals surface area contributed by atoms with Crippen molar-refractivity contribution in [1.29, 1.82) is 5.26 Å². The number of alkyl carbamates (subject to hydrolysis) is 1. The van der Waals surface area contributed by atoms with Crippen LogP contribution in [0.15, 0.2) is 24.5 Å². The zero-order valence-corrected chi connectivity index (χ0v) is 18.0. The van der Waals surface area contributed by atoms with Gasteiger partial charge in [-0.05, 0) is 63.3 Å². The summed E-state index contributed by atoms with van der Waals surface area (Å²) in [6.45, 7) is 5.18. The molecule has 1 aromatic carbocycles. The molecule has 3 atom stereocenters. The fraction of sp³-hybridized carbons (Fsp3) is 0.478. The number of benzene rings is 1. The first-order valence-electron chi connectivity index (χ1n) is 10.5. The van der Waals surface area contributed by atoms with Crippen LogP contribution in [0.1, 0.15) is 51.6 Å². The zero-order valence-electron chi connectivity index (χ0n) is 18.0. The Morgan fingerprint density at radius 2 is 1.97 bits per heavy atom. The molecule has 2 aliphatic rings. The van der Waals surface area contributed by atoms with Gasteiger partial charge in [-0.15, -0.1) is 0 Å². The van der Waals surface area contributed by atoms with Crippen molar-refractivity contribution in [1.82, 2.24) is 15.6 Å². The van der Waals surface area contributed by atoms with Gasteiger partial charge in [0.05, 0.1) is 6.07 Å². The van der Waals surface area contributed by atoms with E-state index in [-0.39, 0.29) is 22.3 Å². The Hall–Kier alpha value is -3.28. The molecular formula is C23H24F2N4O3. The molecule has 0 aliphatic heterocycles. The van der Waals surface area contributed by atoms with E-state index in [4.69, 9.17) is 4.74 Å². The predicted molar refractivity (Wildman–Crippen MR) is 111 cm³/mol. The quantitative estimate of drug-likeness (QED) is 0.731. The topological polar surface area (TPSA) is 104 Å². The number of ether oxygens (including phenoxy) is 1. The maximum absolute atomic E-state index is 14.2. The summed E-state index contributed by atoms with van der Waals surface area (Å²) in [7, 11) is 0. The van der Waals surface area contributed by atoms with E-state index in [0.717, 1.165) is 18.9 Å². The van der Waals surface area contributed by atoms with Crippen molar-refractivity contribution >= 4 is 22.8 Å². The molecule has 0 saturated heterocycles. The summed E-state index contributed by atoms with van der Waals surface area (Å²) in [5, 5.41) is 15.3. The number of nitrogens with zero attached hydrogens (tertiary/aromatic N) is 2. The van der Waals surface area contributed by atoms with E-state index in [2.05, 4.69) is 15.6 Å². The molecule has 4 rings (SSSR count). The summed E-state index contributed by atoms with van der Waals surface area (Å²) in [6, 6.07) is 3.14. The third-order valence-electron chi connectivity index (χ3n) is 5.91. The average molecular weight is 442 g/mol. The summed E-state index contributed by atoms with van der Waals surface area (Å²) in [5.41, 5.74) is -1.64. The third kappa shape index (κ3) is 4.09. The fourth-order valence-corrected chi connectivity index (χ4v) is 4.18. The molecule has 32 heavy (non-hydrogen) atoms. The second-order valence-electron chi connectivity index (χ2n) is 9.47. The van der Waals surface area contributed by atoms with Crippen molar-refractivity contribution in [2.45, 2.75) is 57.2 Å². The highest BCUT2D eigenvalue weighted by Gasteiger charge is 2.66. The van der Waals surface area contributed by atoms with Gasteiger partial charge in [-0.3, -0.25) is 9.78 Å².